The number of anilines is 1. The molecule has 2 N–H and O–H groups in total. The second-order valence-corrected chi connectivity index (χ2v) is 8.28. The summed E-state index contributed by atoms with van der Waals surface area (Å²) in [5.41, 5.74) is 1.33. The van der Waals surface area contributed by atoms with E-state index in [4.69, 9.17) is 4.74 Å². The highest BCUT2D eigenvalue weighted by atomic mass is 32.2. The third-order valence-electron chi connectivity index (χ3n) is 3.42. The van der Waals surface area contributed by atoms with E-state index in [9.17, 15) is 9.59 Å². The van der Waals surface area contributed by atoms with Crippen LogP contribution < -0.4 is 10.6 Å². The third-order valence-corrected chi connectivity index (χ3v) is 4.03. The molecule has 2 amide bonds. The topological polar surface area (TPSA) is 67.4 Å². The van der Waals surface area contributed by atoms with E-state index < -0.39 is 23.6 Å². The van der Waals surface area contributed by atoms with Crippen molar-refractivity contribution in [2.45, 2.75) is 52.7 Å². The van der Waals surface area contributed by atoms with Crippen LogP contribution >= 0.6 is 11.8 Å². The molecule has 0 unspecified atom stereocenters. The van der Waals surface area contributed by atoms with Crippen molar-refractivity contribution in [3.8, 4) is 0 Å². The van der Waals surface area contributed by atoms with Gasteiger partial charge in [-0.3, -0.25) is 0 Å². The molecule has 0 heterocycles. The van der Waals surface area contributed by atoms with Crippen molar-refractivity contribution >= 4 is 29.4 Å². The van der Waals surface area contributed by atoms with Gasteiger partial charge in [-0.1, -0.05) is 26.0 Å². The molecule has 1 atom stereocenters. The first-order valence-corrected chi connectivity index (χ1v) is 9.90. The second-order valence-electron chi connectivity index (χ2n) is 7.29. The van der Waals surface area contributed by atoms with Crippen LogP contribution in [0.25, 0.3) is 0 Å². The molecule has 0 radical (unpaired) electrons. The summed E-state index contributed by atoms with van der Waals surface area (Å²) in [5.74, 6) is 0.568. The summed E-state index contributed by atoms with van der Waals surface area (Å²) in [5, 5.41) is 5.47. The lowest BCUT2D eigenvalue weighted by Gasteiger charge is -2.26. The predicted molar refractivity (Wildman–Crippen MR) is 105 cm³/mol. The number of carbonyl (C=O) groups is 2. The molecule has 6 heteroatoms. The summed E-state index contributed by atoms with van der Waals surface area (Å²) in [4.78, 5) is 24.5. The molecule has 5 nitrogen and oxygen atoms in total. The number of esters is 1. The summed E-state index contributed by atoms with van der Waals surface area (Å²) in [6.45, 7) is 9.16. The van der Waals surface area contributed by atoms with Gasteiger partial charge >= 0.3 is 12.0 Å². The van der Waals surface area contributed by atoms with Gasteiger partial charge in [0.15, 0.2) is 0 Å². The quantitative estimate of drug-likeness (QED) is 0.714. The molecule has 0 spiro atoms. The molecule has 0 saturated carbocycles. The number of carbonyl (C=O) groups excluding carboxylic acids is 2. The maximum Gasteiger partial charge on any atom is 0.329 e. The van der Waals surface area contributed by atoms with Crippen LogP contribution in [0.5, 0.6) is 0 Å². The van der Waals surface area contributed by atoms with Crippen molar-refractivity contribution in [1.82, 2.24) is 5.32 Å². The Labute approximate surface area is 155 Å². The number of rotatable bonds is 7. The highest BCUT2D eigenvalue weighted by Crippen LogP contribution is 2.14. The maximum atomic E-state index is 12.3. The summed E-state index contributed by atoms with van der Waals surface area (Å²) in [6, 6.07) is 6.63. The van der Waals surface area contributed by atoms with Gasteiger partial charge in [-0.2, -0.15) is 11.8 Å². The zero-order valence-electron chi connectivity index (χ0n) is 16.0. The first-order chi connectivity index (χ1) is 11.6. The lowest BCUT2D eigenvalue weighted by molar-refractivity contribution is -0.158. The van der Waals surface area contributed by atoms with Crippen LogP contribution in [0.2, 0.25) is 0 Å². The van der Waals surface area contributed by atoms with Crippen LogP contribution in [0.1, 0.15) is 40.2 Å². The van der Waals surface area contributed by atoms with Gasteiger partial charge in [0.05, 0.1) is 0 Å². The Morgan fingerprint density at radius 2 is 1.76 bits per heavy atom. The normalized spacial score (nSPS) is 12.6. The van der Waals surface area contributed by atoms with Crippen molar-refractivity contribution in [1.29, 1.82) is 0 Å². The molecule has 1 aromatic carbocycles. The molecular formula is C19H30N2O3S. The van der Waals surface area contributed by atoms with Gasteiger partial charge in [-0.15, -0.1) is 0 Å². The van der Waals surface area contributed by atoms with Gasteiger partial charge in [0.2, 0.25) is 0 Å². The van der Waals surface area contributed by atoms with E-state index in [2.05, 4.69) is 16.9 Å². The number of ether oxygens (including phenoxy) is 1. The smallest absolute Gasteiger partial charge is 0.329 e. The van der Waals surface area contributed by atoms with Crippen LogP contribution in [-0.2, 0) is 16.0 Å². The number of urea groups is 1. The van der Waals surface area contributed by atoms with Crippen molar-refractivity contribution in [2.24, 2.45) is 5.92 Å². The fourth-order valence-corrected chi connectivity index (χ4v) is 2.59. The van der Waals surface area contributed by atoms with E-state index in [-0.39, 0.29) is 5.92 Å². The third kappa shape index (κ3) is 8.29. The molecule has 1 rings (SSSR count). The molecule has 0 aliphatic heterocycles. The van der Waals surface area contributed by atoms with Crippen molar-refractivity contribution in [2.75, 3.05) is 17.3 Å². The van der Waals surface area contributed by atoms with E-state index in [1.165, 1.54) is 5.56 Å². The summed E-state index contributed by atoms with van der Waals surface area (Å²) in [6.07, 6.45) is 3.08. The standard InChI is InChI=1S/C19H30N2O3S/c1-13(2)16(17(22)24-19(3,4)5)21-18(23)20-15-9-7-14(8-10-15)11-12-25-6/h7-10,13,16H,11-12H2,1-6H3,(H2,20,21,23)/t16-/m0/s1. The van der Waals surface area contributed by atoms with Crippen LogP contribution in [0, 0.1) is 5.92 Å². The Morgan fingerprint density at radius 3 is 2.24 bits per heavy atom. The van der Waals surface area contributed by atoms with Gasteiger partial charge in [0.25, 0.3) is 0 Å². The Morgan fingerprint density at radius 1 is 1.16 bits per heavy atom. The largest absolute Gasteiger partial charge is 0.458 e. The fourth-order valence-electron chi connectivity index (χ4n) is 2.15. The van der Waals surface area contributed by atoms with Gasteiger partial charge in [0.1, 0.15) is 11.6 Å². The van der Waals surface area contributed by atoms with Crippen molar-refractivity contribution in [3.63, 3.8) is 0 Å². The Bertz CT molecular complexity index is 565. The Balaban J connectivity index is 2.64. The molecule has 0 aliphatic carbocycles. The number of nitrogens with one attached hydrogen (secondary N) is 2. The molecular weight excluding hydrogens is 336 g/mol. The minimum absolute atomic E-state index is 0.0745. The minimum atomic E-state index is -0.694. The molecule has 1 aromatic rings. The average molecular weight is 367 g/mol. The van der Waals surface area contributed by atoms with Gasteiger partial charge in [-0.05, 0) is 62.8 Å². The number of benzene rings is 1. The summed E-state index contributed by atoms with van der Waals surface area (Å²) >= 11 is 1.80. The van der Waals surface area contributed by atoms with Crippen LogP contribution in [-0.4, -0.2) is 35.7 Å². The molecule has 25 heavy (non-hydrogen) atoms. The summed E-state index contributed by atoms with van der Waals surface area (Å²) < 4.78 is 5.38. The number of amides is 2. The number of aryl methyl sites for hydroxylation is 1. The highest BCUT2D eigenvalue weighted by molar-refractivity contribution is 7.98. The number of hydrogen-bond acceptors (Lipinski definition) is 4. The zero-order chi connectivity index (χ0) is 19.0. The zero-order valence-corrected chi connectivity index (χ0v) is 16.8. The minimum Gasteiger partial charge on any atom is -0.458 e. The Hall–Kier alpha value is -1.69. The van der Waals surface area contributed by atoms with E-state index in [0.29, 0.717) is 5.69 Å². The van der Waals surface area contributed by atoms with Gasteiger partial charge in [-0.25, -0.2) is 9.59 Å². The molecule has 0 aromatic heterocycles. The Kier molecular flexibility index (Phi) is 8.29. The molecule has 0 aliphatic rings. The lowest BCUT2D eigenvalue weighted by Crippen LogP contribution is -2.48. The van der Waals surface area contributed by atoms with Gasteiger partial charge in [0, 0.05) is 5.69 Å². The van der Waals surface area contributed by atoms with Crippen molar-refractivity contribution in [3.05, 3.63) is 29.8 Å². The first-order valence-electron chi connectivity index (χ1n) is 8.50. The first kappa shape index (κ1) is 21.4. The van der Waals surface area contributed by atoms with E-state index in [1.54, 1.807) is 32.5 Å². The van der Waals surface area contributed by atoms with Crippen LogP contribution in [0.4, 0.5) is 10.5 Å². The molecule has 0 bridgehead atoms. The second kappa shape index (κ2) is 9.70. The van der Waals surface area contributed by atoms with E-state index in [1.807, 2.05) is 38.1 Å². The van der Waals surface area contributed by atoms with E-state index in [0.717, 1.165) is 12.2 Å². The number of hydrogen-bond donors (Lipinski definition) is 2. The van der Waals surface area contributed by atoms with Crippen LogP contribution in [0.3, 0.4) is 0 Å². The molecule has 0 saturated heterocycles. The summed E-state index contributed by atoms with van der Waals surface area (Å²) in [7, 11) is 0. The molecule has 140 valence electrons. The SMILES string of the molecule is CSCCc1ccc(NC(=O)N[C@H](C(=O)OC(C)(C)C)C(C)C)cc1. The predicted octanol–water partition coefficient (Wildman–Crippen LogP) is 4.08. The average Bonchev–Trinajstić information content (AvgIpc) is 2.50. The highest BCUT2D eigenvalue weighted by Gasteiger charge is 2.29. The van der Waals surface area contributed by atoms with Crippen molar-refractivity contribution < 1.29 is 14.3 Å². The molecule has 0 fully saturated rings. The van der Waals surface area contributed by atoms with Crippen LogP contribution in [0.15, 0.2) is 24.3 Å². The number of thioether (sulfide) groups is 1. The van der Waals surface area contributed by atoms with E-state index >= 15 is 0 Å². The fraction of sp³-hybridized carbons (Fsp3) is 0.579. The lowest BCUT2D eigenvalue weighted by atomic mass is 10.0. The maximum absolute atomic E-state index is 12.3. The van der Waals surface area contributed by atoms with Gasteiger partial charge < -0.3 is 15.4 Å². The monoisotopic (exact) mass is 366 g/mol.